The second kappa shape index (κ2) is 7.42. The predicted octanol–water partition coefficient (Wildman–Crippen LogP) is 6.89. The summed E-state index contributed by atoms with van der Waals surface area (Å²) in [7, 11) is 0. The summed E-state index contributed by atoms with van der Waals surface area (Å²) in [5, 5.41) is 7.36. The lowest BCUT2D eigenvalue weighted by Gasteiger charge is -2.43. The lowest BCUT2D eigenvalue weighted by atomic mass is 9.68. The normalized spacial score (nSPS) is 27.8. The Morgan fingerprint density at radius 2 is 1.71 bits per heavy atom. The van der Waals surface area contributed by atoms with Gasteiger partial charge in [0.2, 0.25) is 0 Å². The Balaban J connectivity index is 1.36. The van der Waals surface area contributed by atoms with Crippen LogP contribution in [0.1, 0.15) is 52.7 Å². The van der Waals surface area contributed by atoms with E-state index < -0.39 is 0 Å². The molecule has 0 radical (unpaired) electrons. The third-order valence-electron chi connectivity index (χ3n) is 7.63. The van der Waals surface area contributed by atoms with E-state index in [2.05, 4.69) is 53.1 Å². The molecular weight excluding hydrogens is 404 g/mol. The van der Waals surface area contributed by atoms with Gasteiger partial charge in [-0.2, -0.15) is 0 Å². The first-order valence-electron chi connectivity index (χ1n) is 11.2. The molecule has 0 unspecified atom stereocenters. The summed E-state index contributed by atoms with van der Waals surface area (Å²) in [5.41, 5.74) is 5.21. The summed E-state index contributed by atoms with van der Waals surface area (Å²) < 4.78 is 0. The number of hydrogen-bond acceptors (Lipinski definition) is 2. The highest BCUT2D eigenvalue weighted by Crippen LogP contribution is 2.63. The highest BCUT2D eigenvalue weighted by atomic mass is 35.5. The molecule has 1 aliphatic heterocycles. The number of amides is 1. The molecule has 2 fully saturated rings. The number of carbonyl (C=O) groups is 1. The molecule has 4 heteroatoms. The van der Waals surface area contributed by atoms with Gasteiger partial charge in [0.05, 0.1) is 16.8 Å². The van der Waals surface area contributed by atoms with Gasteiger partial charge in [-0.1, -0.05) is 54.1 Å². The third kappa shape index (κ3) is 3.14. The van der Waals surface area contributed by atoms with Crippen LogP contribution in [0.2, 0.25) is 5.02 Å². The molecule has 3 aliphatic rings. The van der Waals surface area contributed by atoms with E-state index in [9.17, 15) is 4.79 Å². The fourth-order valence-electron chi connectivity index (χ4n) is 6.37. The number of hydrogen-bond donors (Lipinski definition) is 2. The number of halogens is 1. The Hall–Kier alpha value is -2.78. The monoisotopic (exact) mass is 428 g/mol. The summed E-state index contributed by atoms with van der Waals surface area (Å²) >= 11 is 6.24. The zero-order chi connectivity index (χ0) is 20.9. The van der Waals surface area contributed by atoms with Gasteiger partial charge in [0.25, 0.3) is 5.91 Å². The maximum atomic E-state index is 13.0. The molecule has 2 saturated carbocycles. The minimum atomic E-state index is -0.110. The second-order valence-electron chi connectivity index (χ2n) is 9.21. The van der Waals surface area contributed by atoms with Gasteiger partial charge < -0.3 is 10.6 Å². The molecule has 1 heterocycles. The van der Waals surface area contributed by atoms with E-state index in [0.29, 0.717) is 34.2 Å². The number of nitrogens with one attached hydrogen (secondary N) is 2. The Bertz CT molecular complexity index is 1140. The summed E-state index contributed by atoms with van der Waals surface area (Å²) in [4.78, 5) is 13.0. The molecule has 1 amide bonds. The van der Waals surface area contributed by atoms with Crippen molar-refractivity contribution in [3.8, 4) is 0 Å². The van der Waals surface area contributed by atoms with Crippen molar-refractivity contribution in [3.63, 3.8) is 0 Å². The van der Waals surface area contributed by atoms with Gasteiger partial charge in [-0.25, -0.2) is 0 Å². The van der Waals surface area contributed by atoms with Gasteiger partial charge in [0, 0.05) is 11.3 Å². The molecular formula is C27H25ClN2O. The largest absolute Gasteiger partial charge is 0.378 e. The molecule has 5 atom stereocenters. The Morgan fingerprint density at radius 3 is 2.55 bits per heavy atom. The van der Waals surface area contributed by atoms with Crippen molar-refractivity contribution in [3.05, 3.63) is 94.5 Å². The van der Waals surface area contributed by atoms with E-state index in [1.54, 1.807) is 6.07 Å². The smallest absolute Gasteiger partial charge is 0.255 e. The lowest BCUT2D eigenvalue weighted by Crippen LogP contribution is -2.35. The van der Waals surface area contributed by atoms with Crippen LogP contribution in [0.5, 0.6) is 0 Å². The fourth-order valence-corrected chi connectivity index (χ4v) is 6.56. The SMILES string of the molecule is O=C(Nc1ccccc1Cl)c1ccc2c(c1)[C@H]1[C@@H]3CC[C@@H](C3)[C@@H]1[C@@H](c1ccccc1)N2. The summed E-state index contributed by atoms with van der Waals surface area (Å²) in [5.74, 6) is 2.50. The van der Waals surface area contributed by atoms with Crippen molar-refractivity contribution in [1.29, 1.82) is 0 Å². The van der Waals surface area contributed by atoms with Gasteiger partial charge in [-0.15, -0.1) is 0 Å². The van der Waals surface area contributed by atoms with E-state index >= 15 is 0 Å². The third-order valence-corrected chi connectivity index (χ3v) is 7.96. The number of para-hydroxylation sites is 1. The second-order valence-corrected chi connectivity index (χ2v) is 9.61. The van der Waals surface area contributed by atoms with E-state index in [4.69, 9.17) is 11.6 Å². The summed E-state index contributed by atoms with van der Waals surface area (Å²) in [6.45, 7) is 0. The first-order chi connectivity index (χ1) is 15.2. The first-order valence-corrected chi connectivity index (χ1v) is 11.6. The van der Waals surface area contributed by atoms with Crippen LogP contribution in [0.3, 0.4) is 0 Å². The zero-order valence-corrected chi connectivity index (χ0v) is 18.0. The van der Waals surface area contributed by atoms with Crippen LogP contribution in [0, 0.1) is 17.8 Å². The van der Waals surface area contributed by atoms with E-state index in [1.807, 2.05) is 24.3 Å². The van der Waals surface area contributed by atoms with Gasteiger partial charge in [-0.3, -0.25) is 4.79 Å². The summed E-state index contributed by atoms with van der Waals surface area (Å²) in [6.07, 6.45) is 3.96. The average molecular weight is 429 g/mol. The van der Waals surface area contributed by atoms with Crippen molar-refractivity contribution in [2.45, 2.75) is 31.2 Å². The molecule has 31 heavy (non-hydrogen) atoms. The number of carbonyl (C=O) groups excluding carboxylic acids is 1. The van der Waals surface area contributed by atoms with Crippen molar-refractivity contribution >= 4 is 28.9 Å². The molecule has 3 aromatic rings. The Kier molecular flexibility index (Phi) is 4.53. The van der Waals surface area contributed by atoms with E-state index in [0.717, 1.165) is 11.8 Å². The van der Waals surface area contributed by atoms with Crippen LogP contribution in [0.15, 0.2) is 72.8 Å². The molecule has 2 N–H and O–H groups in total. The van der Waals surface area contributed by atoms with Gasteiger partial charge in [-0.05, 0) is 84.4 Å². The molecule has 3 aromatic carbocycles. The van der Waals surface area contributed by atoms with Crippen molar-refractivity contribution in [2.75, 3.05) is 10.6 Å². The lowest BCUT2D eigenvalue weighted by molar-refractivity contribution is 0.102. The highest BCUT2D eigenvalue weighted by molar-refractivity contribution is 6.33. The van der Waals surface area contributed by atoms with Gasteiger partial charge in [0.1, 0.15) is 0 Å². The maximum absolute atomic E-state index is 13.0. The molecule has 2 aliphatic carbocycles. The molecule has 156 valence electrons. The van der Waals surface area contributed by atoms with Crippen LogP contribution >= 0.6 is 11.6 Å². The molecule has 0 aromatic heterocycles. The minimum Gasteiger partial charge on any atom is -0.378 e. The quantitative estimate of drug-likeness (QED) is 0.477. The molecule has 6 rings (SSSR count). The van der Waals surface area contributed by atoms with Crippen molar-refractivity contribution in [2.24, 2.45) is 17.8 Å². The number of fused-ring (bicyclic) bond motifs is 7. The van der Waals surface area contributed by atoms with Crippen LogP contribution in [0.25, 0.3) is 0 Å². The van der Waals surface area contributed by atoms with Crippen LogP contribution in [-0.4, -0.2) is 5.91 Å². The predicted molar refractivity (Wildman–Crippen MR) is 126 cm³/mol. The van der Waals surface area contributed by atoms with Gasteiger partial charge in [0.15, 0.2) is 0 Å². The number of benzene rings is 3. The molecule has 0 saturated heterocycles. The zero-order valence-electron chi connectivity index (χ0n) is 17.2. The van der Waals surface area contributed by atoms with Crippen LogP contribution < -0.4 is 10.6 Å². The van der Waals surface area contributed by atoms with Crippen LogP contribution in [0.4, 0.5) is 11.4 Å². The highest BCUT2D eigenvalue weighted by Gasteiger charge is 2.53. The molecule has 2 bridgehead atoms. The van der Waals surface area contributed by atoms with Crippen LogP contribution in [-0.2, 0) is 0 Å². The maximum Gasteiger partial charge on any atom is 0.255 e. The van der Waals surface area contributed by atoms with Crippen molar-refractivity contribution < 1.29 is 4.79 Å². The molecule has 3 nitrogen and oxygen atoms in total. The fraction of sp³-hybridized carbons (Fsp3) is 0.296. The standard InChI is InChI=1S/C27H25ClN2O/c28-21-8-4-5-9-23(21)30-27(31)19-12-13-22-20(15-19)24-17-10-11-18(14-17)25(24)26(29-22)16-6-2-1-3-7-16/h1-9,12-13,15,17-18,24-26,29H,10-11,14H2,(H,30,31)/t17-,18+,24-,25+,26-/m1/s1. The number of anilines is 2. The molecule has 0 spiro atoms. The average Bonchev–Trinajstić information content (AvgIpc) is 3.43. The topological polar surface area (TPSA) is 41.1 Å². The summed E-state index contributed by atoms with van der Waals surface area (Å²) in [6, 6.07) is 24.7. The Morgan fingerprint density at radius 1 is 0.935 bits per heavy atom. The number of rotatable bonds is 3. The van der Waals surface area contributed by atoms with E-state index in [1.165, 1.54) is 36.1 Å². The Labute approximate surface area is 187 Å². The first kappa shape index (κ1) is 18.9. The van der Waals surface area contributed by atoms with Gasteiger partial charge >= 0.3 is 0 Å². The van der Waals surface area contributed by atoms with E-state index in [-0.39, 0.29) is 5.91 Å². The minimum absolute atomic E-state index is 0.110. The van der Waals surface area contributed by atoms with Crippen molar-refractivity contribution in [1.82, 2.24) is 0 Å².